The Morgan fingerprint density at radius 2 is 1.96 bits per heavy atom. The van der Waals surface area contributed by atoms with Gasteiger partial charge in [0.15, 0.2) is 6.61 Å². The van der Waals surface area contributed by atoms with Crippen LogP contribution in [-0.4, -0.2) is 40.6 Å². The lowest BCUT2D eigenvalue weighted by atomic mass is 10.0. The fraction of sp³-hybridized carbons (Fsp3) is 0.318. The number of rotatable bonds is 5. The van der Waals surface area contributed by atoms with E-state index in [1.54, 1.807) is 0 Å². The number of hydrogen-bond acceptors (Lipinski definition) is 5. The molecule has 0 saturated carbocycles. The first-order valence-electron chi connectivity index (χ1n) is 9.60. The highest BCUT2D eigenvalue weighted by Gasteiger charge is 2.22. The Morgan fingerprint density at radius 1 is 1.18 bits per heavy atom. The van der Waals surface area contributed by atoms with E-state index in [0.29, 0.717) is 28.9 Å². The van der Waals surface area contributed by atoms with E-state index in [1.807, 2.05) is 59.5 Å². The fourth-order valence-electron chi connectivity index (χ4n) is 3.45. The fourth-order valence-corrected chi connectivity index (χ4v) is 3.45. The minimum Gasteiger partial charge on any atom is -0.483 e. The summed E-state index contributed by atoms with van der Waals surface area (Å²) in [5.74, 6) is 2.01. The van der Waals surface area contributed by atoms with Gasteiger partial charge in [0.2, 0.25) is 5.82 Å². The zero-order valence-electron chi connectivity index (χ0n) is 15.9. The van der Waals surface area contributed by atoms with Crippen molar-refractivity contribution in [3.8, 4) is 28.6 Å². The molecule has 0 unspecified atom stereocenters. The van der Waals surface area contributed by atoms with Crippen LogP contribution in [0.25, 0.3) is 22.8 Å². The minimum absolute atomic E-state index is 0.00707. The van der Waals surface area contributed by atoms with Crippen LogP contribution in [0.1, 0.15) is 19.8 Å². The number of nitrogens with zero attached hydrogens (tertiary/aromatic N) is 3. The molecular formula is C22H23N3O3. The molecule has 0 bridgehead atoms. The number of piperidine rings is 1. The Bertz CT molecular complexity index is 939. The number of benzene rings is 2. The van der Waals surface area contributed by atoms with Crippen LogP contribution in [0.5, 0.6) is 5.75 Å². The average Bonchev–Trinajstić information content (AvgIpc) is 3.23. The predicted octanol–water partition coefficient (Wildman–Crippen LogP) is 4.04. The van der Waals surface area contributed by atoms with E-state index in [9.17, 15) is 4.79 Å². The Labute approximate surface area is 164 Å². The van der Waals surface area contributed by atoms with Crippen LogP contribution in [-0.2, 0) is 4.79 Å². The van der Waals surface area contributed by atoms with Gasteiger partial charge in [0.1, 0.15) is 5.75 Å². The average molecular weight is 377 g/mol. The van der Waals surface area contributed by atoms with Crippen molar-refractivity contribution in [2.75, 3.05) is 19.7 Å². The smallest absolute Gasteiger partial charge is 0.260 e. The van der Waals surface area contributed by atoms with Gasteiger partial charge in [-0.3, -0.25) is 4.79 Å². The molecule has 1 atom stereocenters. The number of para-hydroxylation sites is 1. The lowest BCUT2D eigenvalue weighted by molar-refractivity contribution is -0.135. The highest BCUT2D eigenvalue weighted by molar-refractivity contribution is 5.78. The van der Waals surface area contributed by atoms with Crippen molar-refractivity contribution in [2.45, 2.75) is 19.8 Å². The largest absolute Gasteiger partial charge is 0.483 e. The number of ether oxygens (including phenoxy) is 1. The van der Waals surface area contributed by atoms with Crippen molar-refractivity contribution in [1.82, 2.24) is 15.0 Å². The van der Waals surface area contributed by atoms with E-state index >= 15 is 0 Å². The van der Waals surface area contributed by atoms with Gasteiger partial charge in [0.25, 0.3) is 11.8 Å². The summed E-state index contributed by atoms with van der Waals surface area (Å²) in [6.07, 6.45) is 2.23. The zero-order valence-corrected chi connectivity index (χ0v) is 15.9. The number of aromatic nitrogens is 2. The second-order valence-corrected chi connectivity index (χ2v) is 7.16. The monoisotopic (exact) mass is 377 g/mol. The van der Waals surface area contributed by atoms with E-state index < -0.39 is 0 Å². The van der Waals surface area contributed by atoms with Crippen molar-refractivity contribution in [3.05, 3.63) is 54.6 Å². The minimum atomic E-state index is 0.00707. The molecule has 1 aliphatic heterocycles. The summed E-state index contributed by atoms with van der Waals surface area (Å²) in [4.78, 5) is 18.9. The molecule has 6 nitrogen and oxygen atoms in total. The molecule has 2 aromatic carbocycles. The van der Waals surface area contributed by atoms with Crippen LogP contribution < -0.4 is 4.74 Å². The van der Waals surface area contributed by atoms with Gasteiger partial charge in [-0.2, -0.15) is 4.98 Å². The molecule has 1 amide bonds. The molecule has 0 spiro atoms. The SMILES string of the molecule is C[C@@H]1CCCN(C(=O)COc2ccccc2-c2noc(-c3ccccc3)n2)C1. The first-order valence-corrected chi connectivity index (χ1v) is 9.60. The summed E-state index contributed by atoms with van der Waals surface area (Å²) >= 11 is 0. The van der Waals surface area contributed by atoms with E-state index in [4.69, 9.17) is 9.26 Å². The number of carbonyl (C=O) groups is 1. The Morgan fingerprint density at radius 3 is 2.79 bits per heavy atom. The van der Waals surface area contributed by atoms with Gasteiger partial charge >= 0.3 is 0 Å². The first-order chi connectivity index (χ1) is 13.7. The van der Waals surface area contributed by atoms with Gasteiger partial charge in [0.05, 0.1) is 5.56 Å². The molecule has 144 valence electrons. The lowest BCUT2D eigenvalue weighted by Gasteiger charge is -2.30. The quantitative estimate of drug-likeness (QED) is 0.671. The molecule has 0 N–H and O–H groups in total. The molecule has 1 fully saturated rings. The molecular weight excluding hydrogens is 354 g/mol. The molecule has 3 aromatic rings. The predicted molar refractivity (Wildman–Crippen MR) is 106 cm³/mol. The van der Waals surface area contributed by atoms with Gasteiger partial charge in [-0.15, -0.1) is 0 Å². The summed E-state index contributed by atoms with van der Waals surface area (Å²) in [5, 5.41) is 4.09. The molecule has 2 heterocycles. The standard InChI is InChI=1S/C22H23N3O3/c1-16-8-7-13-25(14-16)20(26)15-27-19-12-6-5-11-18(19)21-23-22(28-24-21)17-9-3-2-4-10-17/h2-6,9-12,16H,7-8,13-15H2,1H3/t16-/m1/s1. The number of hydrogen-bond donors (Lipinski definition) is 0. The van der Waals surface area contributed by atoms with Crippen molar-refractivity contribution in [3.63, 3.8) is 0 Å². The third-order valence-electron chi connectivity index (χ3n) is 4.94. The summed E-state index contributed by atoms with van der Waals surface area (Å²) < 4.78 is 11.2. The topological polar surface area (TPSA) is 68.5 Å². The Kier molecular flexibility index (Phi) is 5.37. The highest BCUT2D eigenvalue weighted by atomic mass is 16.5. The van der Waals surface area contributed by atoms with Crippen molar-refractivity contribution in [1.29, 1.82) is 0 Å². The number of amides is 1. The summed E-state index contributed by atoms with van der Waals surface area (Å²) in [6.45, 7) is 3.79. The van der Waals surface area contributed by atoms with Gasteiger partial charge in [-0.25, -0.2) is 0 Å². The van der Waals surface area contributed by atoms with E-state index in [2.05, 4.69) is 17.1 Å². The van der Waals surface area contributed by atoms with Gasteiger partial charge in [0, 0.05) is 18.7 Å². The summed E-state index contributed by atoms with van der Waals surface area (Å²) in [6, 6.07) is 17.0. The van der Waals surface area contributed by atoms with E-state index in [-0.39, 0.29) is 12.5 Å². The van der Waals surface area contributed by atoms with Crippen LogP contribution in [0.2, 0.25) is 0 Å². The third kappa shape index (κ3) is 4.06. The Balaban J connectivity index is 1.48. The Hall–Kier alpha value is -3.15. The molecule has 1 aliphatic rings. The van der Waals surface area contributed by atoms with Crippen molar-refractivity contribution in [2.24, 2.45) is 5.92 Å². The first kappa shape index (κ1) is 18.2. The van der Waals surface area contributed by atoms with Crippen LogP contribution in [0.3, 0.4) is 0 Å². The second kappa shape index (κ2) is 8.25. The number of carbonyl (C=O) groups excluding carboxylic acids is 1. The molecule has 1 aromatic heterocycles. The normalized spacial score (nSPS) is 16.8. The lowest BCUT2D eigenvalue weighted by Crippen LogP contribution is -2.41. The van der Waals surface area contributed by atoms with Crippen LogP contribution in [0.4, 0.5) is 0 Å². The second-order valence-electron chi connectivity index (χ2n) is 7.16. The molecule has 6 heteroatoms. The van der Waals surface area contributed by atoms with Crippen LogP contribution in [0.15, 0.2) is 59.1 Å². The van der Waals surface area contributed by atoms with Crippen LogP contribution >= 0.6 is 0 Å². The maximum Gasteiger partial charge on any atom is 0.260 e. The maximum atomic E-state index is 12.5. The van der Waals surface area contributed by atoms with Gasteiger partial charge < -0.3 is 14.2 Å². The van der Waals surface area contributed by atoms with Crippen LogP contribution in [0, 0.1) is 5.92 Å². The highest BCUT2D eigenvalue weighted by Crippen LogP contribution is 2.29. The van der Waals surface area contributed by atoms with Gasteiger partial charge in [-0.05, 0) is 43.0 Å². The number of likely N-dealkylation sites (tertiary alicyclic amines) is 1. The zero-order chi connectivity index (χ0) is 19.3. The molecule has 4 rings (SSSR count). The molecule has 28 heavy (non-hydrogen) atoms. The van der Waals surface area contributed by atoms with Crippen molar-refractivity contribution < 1.29 is 14.1 Å². The molecule has 0 aliphatic carbocycles. The third-order valence-corrected chi connectivity index (χ3v) is 4.94. The molecule has 1 saturated heterocycles. The van der Waals surface area contributed by atoms with Crippen molar-refractivity contribution >= 4 is 5.91 Å². The molecule has 0 radical (unpaired) electrons. The van der Waals surface area contributed by atoms with E-state index in [0.717, 1.165) is 25.1 Å². The summed E-state index contributed by atoms with van der Waals surface area (Å²) in [5.41, 5.74) is 1.56. The maximum absolute atomic E-state index is 12.5. The summed E-state index contributed by atoms with van der Waals surface area (Å²) in [7, 11) is 0. The van der Waals surface area contributed by atoms with Gasteiger partial charge in [-0.1, -0.05) is 42.4 Å². The van der Waals surface area contributed by atoms with E-state index in [1.165, 1.54) is 6.42 Å².